The van der Waals surface area contributed by atoms with Crippen LogP contribution < -0.4 is 10.1 Å². The van der Waals surface area contributed by atoms with Gasteiger partial charge in [0.2, 0.25) is 0 Å². The zero-order valence-corrected chi connectivity index (χ0v) is 15.8. The van der Waals surface area contributed by atoms with Gasteiger partial charge in [-0.1, -0.05) is 24.3 Å². The summed E-state index contributed by atoms with van der Waals surface area (Å²) in [6, 6.07) is 15.9. The predicted octanol–water partition coefficient (Wildman–Crippen LogP) is 4.41. The average molecular weight is 377 g/mol. The van der Waals surface area contributed by atoms with Crippen LogP contribution in [0.15, 0.2) is 60.9 Å². The molecule has 2 N–H and O–H groups in total. The summed E-state index contributed by atoms with van der Waals surface area (Å²) in [7, 11) is 0. The monoisotopic (exact) mass is 377 g/mol. The van der Waals surface area contributed by atoms with Gasteiger partial charge in [0.05, 0.1) is 5.54 Å². The van der Waals surface area contributed by atoms with Gasteiger partial charge < -0.3 is 19.7 Å². The van der Waals surface area contributed by atoms with Gasteiger partial charge in [-0.05, 0) is 61.6 Å². The van der Waals surface area contributed by atoms with E-state index >= 15 is 0 Å². The number of nitrogens with one attached hydrogen (secondary N) is 1. The van der Waals surface area contributed by atoms with Gasteiger partial charge in [0.25, 0.3) is 0 Å². The third kappa shape index (κ3) is 3.58. The molecule has 0 radical (unpaired) electrons. The molecule has 4 rings (SSSR count). The topological polar surface area (TPSA) is 76.4 Å². The van der Waals surface area contributed by atoms with E-state index in [-0.39, 0.29) is 0 Å². The van der Waals surface area contributed by atoms with E-state index in [1.165, 1.54) is 0 Å². The fraction of sp³-hybridized carbons (Fsp3) is 0.273. The van der Waals surface area contributed by atoms with Crippen molar-refractivity contribution in [1.29, 1.82) is 0 Å². The quantitative estimate of drug-likeness (QED) is 0.667. The summed E-state index contributed by atoms with van der Waals surface area (Å²) >= 11 is 0. The molecule has 1 aromatic heterocycles. The van der Waals surface area contributed by atoms with Gasteiger partial charge in [0.15, 0.2) is 0 Å². The second kappa shape index (κ2) is 7.38. The molecule has 1 fully saturated rings. The zero-order valence-electron chi connectivity index (χ0n) is 15.8. The van der Waals surface area contributed by atoms with Crippen molar-refractivity contribution in [1.82, 2.24) is 14.9 Å². The first-order valence-corrected chi connectivity index (χ1v) is 9.39. The van der Waals surface area contributed by atoms with Gasteiger partial charge in [-0.2, -0.15) is 0 Å². The van der Waals surface area contributed by atoms with E-state index in [9.17, 15) is 4.79 Å². The van der Waals surface area contributed by atoms with E-state index in [1.807, 2.05) is 66.2 Å². The Bertz CT molecular complexity index is 975. The number of rotatable bonds is 6. The van der Waals surface area contributed by atoms with E-state index < -0.39 is 11.6 Å². The third-order valence-electron chi connectivity index (χ3n) is 5.39. The minimum atomic E-state index is -0.987. The van der Waals surface area contributed by atoms with Crippen molar-refractivity contribution in [2.45, 2.75) is 38.3 Å². The normalized spacial score (nSPS) is 14.9. The second-order valence-electron chi connectivity index (χ2n) is 7.19. The van der Waals surface area contributed by atoms with Crippen LogP contribution in [0.5, 0.6) is 5.75 Å². The number of amides is 1. The Morgan fingerprint density at radius 3 is 2.64 bits per heavy atom. The number of carboxylic acid groups (broad SMARTS) is 1. The summed E-state index contributed by atoms with van der Waals surface area (Å²) in [6.45, 7) is 2.42. The van der Waals surface area contributed by atoms with Crippen LogP contribution in [0.4, 0.5) is 4.79 Å². The van der Waals surface area contributed by atoms with Crippen LogP contribution in [0.25, 0.3) is 5.69 Å². The lowest BCUT2D eigenvalue weighted by Gasteiger charge is -2.42. The Labute approximate surface area is 163 Å². The number of nitrogens with zero attached hydrogens (tertiary/aromatic N) is 2. The number of aromatic nitrogens is 2. The van der Waals surface area contributed by atoms with E-state index in [2.05, 4.69) is 10.3 Å². The number of ether oxygens (including phenoxy) is 1. The molecule has 1 amide bonds. The van der Waals surface area contributed by atoms with Gasteiger partial charge in [0, 0.05) is 18.1 Å². The minimum Gasteiger partial charge on any atom is -0.489 e. The highest BCUT2D eigenvalue weighted by atomic mass is 16.5. The maximum absolute atomic E-state index is 11.2. The molecular formula is C22H23N3O3. The lowest BCUT2D eigenvalue weighted by atomic mass is 9.72. The second-order valence-corrected chi connectivity index (χ2v) is 7.19. The predicted molar refractivity (Wildman–Crippen MR) is 106 cm³/mol. The average Bonchev–Trinajstić information content (AvgIpc) is 3.09. The molecule has 0 aliphatic heterocycles. The molecule has 6 nitrogen and oxygen atoms in total. The van der Waals surface area contributed by atoms with E-state index in [1.54, 1.807) is 6.20 Å². The van der Waals surface area contributed by atoms with Crippen LogP contribution in [0, 0.1) is 6.92 Å². The molecule has 2 aromatic carbocycles. The maximum atomic E-state index is 11.2. The Balaban J connectivity index is 1.44. The highest BCUT2D eigenvalue weighted by molar-refractivity contribution is 5.66. The largest absolute Gasteiger partial charge is 0.489 e. The van der Waals surface area contributed by atoms with Gasteiger partial charge in [-0.3, -0.25) is 0 Å². The Morgan fingerprint density at radius 2 is 2.04 bits per heavy atom. The first-order chi connectivity index (χ1) is 13.6. The lowest BCUT2D eigenvalue weighted by molar-refractivity contribution is 0.144. The van der Waals surface area contributed by atoms with Crippen LogP contribution in [0.3, 0.4) is 0 Å². The summed E-state index contributed by atoms with van der Waals surface area (Å²) in [5.74, 6) is 1.69. The molecule has 6 heteroatoms. The first kappa shape index (κ1) is 18.1. The van der Waals surface area contributed by atoms with E-state index in [4.69, 9.17) is 9.84 Å². The van der Waals surface area contributed by atoms with Crippen molar-refractivity contribution in [3.63, 3.8) is 0 Å². The van der Waals surface area contributed by atoms with Crippen molar-refractivity contribution >= 4 is 6.09 Å². The molecular weight excluding hydrogens is 354 g/mol. The molecule has 0 bridgehead atoms. The van der Waals surface area contributed by atoms with Gasteiger partial charge in [-0.15, -0.1) is 0 Å². The fourth-order valence-corrected chi connectivity index (χ4v) is 3.67. The standard InChI is InChI=1S/C22H23N3O3/c1-16-23-12-13-25(16)19-8-6-17(7-9-19)15-28-20-5-2-4-18(14-20)22(10-3-11-22)24-21(26)27/h2,4-9,12-14,24H,3,10-11,15H2,1H3,(H,26,27). The molecule has 3 aromatic rings. The van der Waals surface area contributed by atoms with Crippen molar-refractivity contribution in [3.8, 4) is 11.4 Å². The van der Waals surface area contributed by atoms with E-state index in [0.29, 0.717) is 6.61 Å². The summed E-state index contributed by atoms with van der Waals surface area (Å²) in [5.41, 5.74) is 2.61. The molecule has 1 heterocycles. The molecule has 28 heavy (non-hydrogen) atoms. The molecule has 0 saturated heterocycles. The number of aryl methyl sites for hydroxylation is 1. The van der Waals surface area contributed by atoms with Crippen LogP contribution in [0.2, 0.25) is 0 Å². The Kier molecular flexibility index (Phi) is 4.77. The molecule has 1 aliphatic carbocycles. The number of benzene rings is 2. The van der Waals surface area contributed by atoms with Gasteiger partial charge in [0.1, 0.15) is 18.2 Å². The van der Waals surface area contributed by atoms with E-state index in [0.717, 1.165) is 47.7 Å². The van der Waals surface area contributed by atoms with Crippen LogP contribution in [-0.2, 0) is 12.1 Å². The molecule has 0 atom stereocenters. The number of imidazole rings is 1. The molecule has 1 saturated carbocycles. The number of hydrogen-bond donors (Lipinski definition) is 2. The Morgan fingerprint density at radius 1 is 1.25 bits per heavy atom. The summed E-state index contributed by atoms with van der Waals surface area (Å²) < 4.78 is 7.99. The minimum absolute atomic E-state index is 0.450. The highest BCUT2D eigenvalue weighted by Gasteiger charge is 2.40. The molecule has 0 unspecified atom stereocenters. The first-order valence-electron chi connectivity index (χ1n) is 9.39. The van der Waals surface area contributed by atoms with Gasteiger partial charge in [-0.25, -0.2) is 9.78 Å². The smallest absolute Gasteiger partial charge is 0.405 e. The maximum Gasteiger partial charge on any atom is 0.405 e. The summed E-state index contributed by atoms with van der Waals surface area (Å²) in [6.07, 6.45) is 5.39. The van der Waals surface area contributed by atoms with Crippen molar-refractivity contribution in [3.05, 3.63) is 77.9 Å². The molecule has 0 spiro atoms. The lowest BCUT2D eigenvalue weighted by Crippen LogP contribution is -2.50. The van der Waals surface area contributed by atoms with Crippen molar-refractivity contribution in [2.24, 2.45) is 0 Å². The molecule has 144 valence electrons. The van der Waals surface area contributed by atoms with Gasteiger partial charge >= 0.3 is 6.09 Å². The van der Waals surface area contributed by atoms with Crippen LogP contribution in [-0.4, -0.2) is 20.8 Å². The van der Waals surface area contributed by atoms with Crippen LogP contribution >= 0.6 is 0 Å². The summed E-state index contributed by atoms with van der Waals surface area (Å²) in [4.78, 5) is 15.4. The van der Waals surface area contributed by atoms with Crippen molar-refractivity contribution in [2.75, 3.05) is 0 Å². The van der Waals surface area contributed by atoms with Crippen molar-refractivity contribution < 1.29 is 14.6 Å². The Hall–Kier alpha value is -3.28. The number of hydrogen-bond acceptors (Lipinski definition) is 3. The number of carbonyl (C=O) groups is 1. The SMILES string of the molecule is Cc1nccn1-c1ccc(COc2cccc(C3(NC(=O)O)CCC3)c2)cc1. The zero-order chi connectivity index (χ0) is 19.6. The highest BCUT2D eigenvalue weighted by Crippen LogP contribution is 2.42. The summed E-state index contributed by atoms with van der Waals surface area (Å²) in [5, 5.41) is 11.8. The molecule has 1 aliphatic rings. The van der Waals surface area contributed by atoms with Crippen LogP contribution in [0.1, 0.15) is 36.2 Å². The third-order valence-corrected chi connectivity index (χ3v) is 5.39. The fourth-order valence-electron chi connectivity index (χ4n) is 3.67.